The van der Waals surface area contributed by atoms with Crippen LogP contribution in [0.15, 0.2) is 29.3 Å². The Balaban J connectivity index is 1.67. The number of rotatable bonds is 6. The molecular formula is C27H26N2O7. The van der Waals surface area contributed by atoms with E-state index >= 15 is 0 Å². The minimum absolute atomic E-state index is 0.214. The van der Waals surface area contributed by atoms with Crippen molar-refractivity contribution in [2.24, 2.45) is 4.99 Å². The van der Waals surface area contributed by atoms with Crippen molar-refractivity contribution in [1.82, 2.24) is 4.98 Å². The van der Waals surface area contributed by atoms with Crippen molar-refractivity contribution in [3.05, 3.63) is 51.7 Å². The van der Waals surface area contributed by atoms with Gasteiger partial charge in [0.15, 0.2) is 0 Å². The Hall–Kier alpha value is -4.14. The molecule has 2 aliphatic rings. The summed E-state index contributed by atoms with van der Waals surface area (Å²) in [5, 5.41) is 2.17. The van der Waals surface area contributed by atoms with Gasteiger partial charge in [0.2, 0.25) is 0 Å². The summed E-state index contributed by atoms with van der Waals surface area (Å²) in [5.74, 6) is -0.910. The van der Waals surface area contributed by atoms with E-state index in [2.05, 4.69) is 4.98 Å². The van der Waals surface area contributed by atoms with Crippen LogP contribution in [0.1, 0.15) is 53.5 Å². The Morgan fingerprint density at radius 3 is 2.47 bits per heavy atom. The van der Waals surface area contributed by atoms with Gasteiger partial charge in [-0.15, -0.1) is 0 Å². The third-order valence-electron chi connectivity index (χ3n) is 6.26. The zero-order valence-corrected chi connectivity index (χ0v) is 20.3. The highest BCUT2D eigenvalue weighted by Gasteiger charge is 2.29. The second-order valence-corrected chi connectivity index (χ2v) is 8.44. The minimum atomic E-state index is -0.702. The van der Waals surface area contributed by atoms with Gasteiger partial charge in [-0.3, -0.25) is 0 Å². The number of carbonyl (C=O) groups is 3. The van der Waals surface area contributed by atoms with Gasteiger partial charge < -0.3 is 23.9 Å². The van der Waals surface area contributed by atoms with Crippen LogP contribution in [0.3, 0.4) is 0 Å². The zero-order valence-electron chi connectivity index (χ0n) is 20.3. The van der Waals surface area contributed by atoms with Crippen LogP contribution in [-0.4, -0.2) is 49.0 Å². The summed E-state index contributed by atoms with van der Waals surface area (Å²) in [5.41, 5.74) is 4.40. The van der Waals surface area contributed by atoms with E-state index in [0.717, 1.165) is 27.4 Å². The normalized spacial score (nSPS) is 15.1. The van der Waals surface area contributed by atoms with Gasteiger partial charge in [0, 0.05) is 34.7 Å². The van der Waals surface area contributed by atoms with Crippen molar-refractivity contribution in [3.63, 3.8) is 0 Å². The lowest BCUT2D eigenvalue weighted by Crippen LogP contribution is -2.27. The molecule has 0 saturated carbocycles. The van der Waals surface area contributed by atoms with Crippen molar-refractivity contribution in [1.29, 1.82) is 0 Å². The monoisotopic (exact) mass is 490 g/mol. The van der Waals surface area contributed by atoms with E-state index < -0.39 is 18.1 Å². The maximum Gasteiger partial charge on any atom is 0.508 e. The van der Waals surface area contributed by atoms with Gasteiger partial charge in [0.1, 0.15) is 11.7 Å². The lowest BCUT2D eigenvalue weighted by molar-refractivity contribution is 0.0278. The number of ether oxygens (including phenoxy) is 4. The van der Waals surface area contributed by atoms with E-state index in [1.54, 1.807) is 39.0 Å². The molecule has 1 aliphatic heterocycles. The van der Waals surface area contributed by atoms with Crippen LogP contribution in [0.4, 0.5) is 10.5 Å². The number of carbonyl (C=O) groups excluding carboxylic acids is 3. The molecule has 0 saturated heterocycles. The quantitative estimate of drug-likeness (QED) is 0.323. The fraction of sp³-hybridized carbons (Fsp3) is 0.333. The number of hydrogen-bond acceptors (Lipinski definition) is 8. The molecule has 0 radical (unpaired) electrons. The van der Waals surface area contributed by atoms with Crippen molar-refractivity contribution in [2.75, 3.05) is 19.8 Å². The highest BCUT2D eigenvalue weighted by Crippen LogP contribution is 2.37. The molecule has 0 bridgehead atoms. The number of esters is 2. The average molecular weight is 491 g/mol. The molecule has 36 heavy (non-hydrogen) atoms. The summed E-state index contributed by atoms with van der Waals surface area (Å²) < 4.78 is 21.0. The predicted octanol–water partition coefficient (Wildman–Crippen LogP) is 3.72. The molecule has 5 rings (SSSR count). The van der Waals surface area contributed by atoms with Crippen LogP contribution < -0.4 is 10.7 Å². The highest BCUT2D eigenvalue weighted by atomic mass is 16.7. The summed E-state index contributed by atoms with van der Waals surface area (Å²) in [6.07, 6.45) is 1.84. The molecule has 0 spiro atoms. The van der Waals surface area contributed by atoms with E-state index in [4.69, 9.17) is 23.9 Å². The lowest BCUT2D eigenvalue weighted by atomic mass is 9.94. The minimum Gasteiger partial charge on any atom is -0.462 e. The maximum atomic E-state index is 13.2. The van der Waals surface area contributed by atoms with Crippen molar-refractivity contribution in [3.8, 4) is 11.1 Å². The molecule has 1 aromatic heterocycles. The largest absolute Gasteiger partial charge is 0.508 e. The molecule has 9 heteroatoms. The average Bonchev–Trinajstić information content (AvgIpc) is 3.40. The number of H-pyrrole nitrogens is 1. The van der Waals surface area contributed by atoms with Crippen LogP contribution in [-0.2, 0) is 25.4 Å². The molecule has 2 heterocycles. The summed E-state index contributed by atoms with van der Waals surface area (Å²) >= 11 is 0. The molecule has 0 fully saturated rings. The number of benzene rings is 2. The Kier molecular flexibility index (Phi) is 6.22. The summed E-state index contributed by atoms with van der Waals surface area (Å²) in [6, 6.07) is 7.11. The van der Waals surface area contributed by atoms with Gasteiger partial charge in [-0.05, 0) is 50.6 Å². The fourth-order valence-corrected chi connectivity index (χ4v) is 4.76. The van der Waals surface area contributed by atoms with Crippen molar-refractivity contribution < 1.29 is 33.3 Å². The van der Waals surface area contributed by atoms with Gasteiger partial charge in [-0.25, -0.2) is 19.4 Å². The number of aromatic nitrogens is 1. The van der Waals surface area contributed by atoms with E-state index in [9.17, 15) is 14.4 Å². The van der Waals surface area contributed by atoms with E-state index in [1.165, 1.54) is 0 Å². The fourth-order valence-electron chi connectivity index (χ4n) is 4.76. The number of aromatic amines is 1. The Bertz CT molecular complexity index is 1520. The van der Waals surface area contributed by atoms with E-state index in [-0.39, 0.29) is 25.9 Å². The predicted molar refractivity (Wildman–Crippen MR) is 131 cm³/mol. The third kappa shape index (κ3) is 4.00. The number of fused-ring (bicyclic) bond motifs is 6. The first-order chi connectivity index (χ1) is 17.4. The number of nitrogens with zero attached hydrogens (tertiary/aromatic N) is 1. The Morgan fingerprint density at radius 1 is 0.972 bits per heavy atom. The molecule has 1 atom stereocenters. The topological polar surface area (TPSA) is 116 Å². The first-order valence-electron chi connectivity index (χ1n) is 12.0. The second-order valence-electron chi connectivity index (χ2n) is 8.44. The summed E-state index contributed by atoms with van der Waals surface area (Å²) in [4.78, 5) is 45.5. The molecule has 9 nitrogen and oxygen atoms in total. The van der Waals surface area contributed by atoms with Crippen LogP contribution in [0, 0.1) is 0 Å². The number of hydrogen-bond donors (Lipinski definition) is 1. The van der Waals surface area contributed by atoms with Gasteiger partial charge in [-0.2, -0.15) is 0 Å². The smallest absolute Gasteiger partial charge is 0.462 e. The van der Waals surface area contributed by atoms with Crippen LogP contribution in [0.2, 0.25) is 0 Å². The van der Waals surface area contributed by atoms with Crippen LogP contribution in [0.25, 0.3) is 28.1 Å². The molecule has 0 amide bonds. The Labute approximate surface area is 206 Å². The lowest BCUT2D eigenvalue weighted by Gasteiger charge is -2.18. The molecule has 3 aromatic rings. The van der Waals surface area contributed by atoms with Gasteiger partial charge in [-0.1, -0.05) is 6.08 Å². The molecule has 2 aromatic carbocycles. The SMILES string of the molecule is CCOC(=O)OC1CC=c2[nH]c3c(C(=O)OCC)c4c(cc3c2C1)-c1cc(C(=O)OCC)ccc1N=4. The van der Waals surface area contributed by atoms with Gasteiger partial charge in [0.25, 0.3) is 0 Å². The van der Waals surface area contributed by atoms with E-state index in [1.807, 2.05) is 12.1 Å². The van der Waals surface area contributed by atoms with Gasteiger partial charge >= 0.3 is 18.1 Å². The van der Waals surface area contributed by atoms with Crippen LogP contribution in [0.5, 0.6) is 0 Å². The first kappa shape index (κ1) is 23.6. The van der Waals surface area contributed by atoms with Crippen molar-refractivity contribution in [2.45, 2.75) is 39.7 Å². The summed E-state index contributed by atoms with van der Waals surface area (Å²) in [7, 11) is 0. The van der Waals surface area contributed by atoms with E-state index in [0.29, 0.717) is 40.5 Å². The van der Waals surface area contributed by atoms with Crippen LogP contribution >= 0.6 is 0 Å². The maximum absolute atomic E-state index is 13.2. The van der Waals surface area contributed by atoms with Crippen molar-refractivity contribution >= 4 is 40.8 Å². The molecule has 1 N–H and O–H groups in total. The second kappa shape index (κ2) is 9.49. The highest BCUT2D eigenvalue weighted by molar-refractivity contribution is 6.07. The third-order valence-corrected chi connectivity index (χ3v) is 6.26. The first-order valence-corrected chi connectivity index (χ1v) is 12.0. The summed E-state index contributed by atoms with van der Waals surface area (Å²) in [6.45, 7) is 5.94. The molecule has 1 aliphatic carbocycles. The standard InChI is InChI=1S/C27H26N2O7/c1-4-33-25(30)14-7-9-20-16(11-14)18-13-19-17-12-15(36-27(32)35-6-3)8-10-21(17)29-24(19)22(23(18)28-20)26(31)34-5-2/h7,9-11,13,15,29H,4-6,8,12H2,1-3H3. The molecular weight excluding hydrogens is 464 g/mol. The zero-order chi connectivity index (χ0) is 25.4. The van der Waals surface area contributed by atoms with Gasteiger partial charge in [0.05, 0.1) is 41.9 Å². The molecule has 1 unspecified atom stereocenters. The number of nitrogens with one attached hydrogen (secondary N) is 1. The molecule has 186 valence electrons. The Morgan fingerprint density at radius 2 is 1.72 bits per heavy atom.